The maximum atomic E-state index is 5.76. The monoisotopic (exact) mass is 197 g/mol. The van der Waals surface area contributed by atoms with Crippen molar-refractivity contribution in [2.75, 3.05) is 13.7 Å². The molecule has 72 valence electrons. The van der Waals surface area contributed by atoms with E-state index in [9.17, 15) is 0 Å². The molecule has 1 aromatic rings. The number of fused-ring (bicyclic) bond motifs is 1. The van der Waals surface area contributed by atoms with Crippen LogP contribution in [-0.4, -0.2) is 19.7 Å². The Morgan fingerprint density at radius 1 is 1.69 bits per heavy atom. The second-order valence-corrected chi connectivity index (χ2v) is 4.38. The van der Waals surface area contributed by atoms with Crippen LogP contribution in [0.1, 0.15) is 23.5 Å². The minimum Gasteiger partial charge on any atom is -0.371 e. The average Bonchev–Trinajstić information content (AvgIpc) is 2.63. The lowest BCUT2D eigenvalue weighted by molar-refractivity contribution is 0.0245. The van der Waals surface area contributed by atoms with E-state index in [2.05, 4.69) is 23.7 Å². The molecule has 0 aliphatic carbocycles. The highest BCUT2D eigenvalue weighted by Gasteiger charge is 2.26. The molecule has 0 radical (unpaired) electrons. The first-order chi connectivity index (χ1) is 6.33. The van der Waals surface area contributed by atoms with Gasteiger partial charge in [0.2, 0.25) is 0 Å². The van der Waals surface area contributed by atoms with Crippen molar-refractivity contribution >= 4 is 11.3 Å². The minimum absolute atomic E-state index is 0.258. The first-order valence-electron chi connectivity index (χ1n) is 4.68. The number of likely N-dealkylation sites (N-methyl/N-ethyl adjacent to an activating group) is 1. The summed E-state index contributed by atoms with van der Waals surface area (Å²) in [6.45, 7) is 3.03. The zero-order valence-corrected chi connectivity index (χ0v) is 8.86. The smallest absolute Gasteiger partial charge is 0.107 e. The first-order valence-corrected chi connectivity index (χ1v) is 5.56. The molecule has 0 bridgehead atoms. The van der Waals surface area contributed by atoms with Crippen LogP contribution >= 0.6 is 11.3 Å². The van der Waals surface area contributed by atoms with Crippen molar-refractivity contribution in [3.8, 4) is 0 Å². The molecule has 0 aromatic carbocycles. The maximum absolute atomic E-state index is 5.76. The SMILES string of the molecule is CNC(C)C1OCCc2ccsc21. The Morgan fingerprint density at radius 3 is 3.31 bits per heavy atom. The van der Waals surface area contributed by atoms with Crippen LogP contribution in [0.15, 0.2) is 11.4 Å². The van der Waals surface area contributed by atoms with Crippen molar-refractivity contribution in [3.63, 3.8) is 0 Å². The zero-order valence-electron chi connectivity index (χ0n) is 8.04. The number of hydrogen-bond donors (Lipinski definition) is 1. The van der Waals surface area contributed by atoms with Crippen molar-refractivity contribution in [2.24, 2.45) is 0 Å². The summed E-state index contributed by atoms with van der Waals surface area (Å²) in [6.07, 6.45) is 1.33. The third-order valence-electron chi connectivity index (χ3n) is 2.62. The lowest BCUT2D eigenvalue weighted by atomic mass is 10.0. The van der Waals surface area contributed by atoms with Gasteiger partial charge in [0, 0.05) is 10.9 Å². The molecular formula is C10H15NOS. The van der Waals surface area contributed by atoms with Gasteiger partial charge in [0.05, 0.1) is 6.61 Å². The topological polar surface area (TPSA) is 21.3 Å². The van der Waals surface area contributed by atoms with Crippen molar-refractivity contribution in [1.29, 1.82) is 0 Å². The number of thiophene rings is 1. The first kappa shape index (κ1) is 9.19. The molecule has 2 rings (SSSR count). The molecular weight excluding hydrogens is 182 g/mol. The van der Waals surface area contributed by atoms with Crippen LogP contribution in [0.2, 0.25) is 0 Å². The Kier molecular flexibility index (Phi) is 2.67. The molecule has 1 aromatic heterocycles. The lowest BCUT2D eigenvalue weighted by Gasteiger charge is -2.27. The highest BCUT2D eigenvalue weighted by Crippen LogP contribution is 2.33. The van der Waals surface area contributed by atoms with Crippen LogP contribution in [0.3, 0.4) is 0 Å². The Hall–Kier alpha value is -0.380. The van der Waals surface area contributed by atoms with E-state index >= 15 is 0 Å². The fourth-order valence-corrected chi connectivity index (χ4v) is 2.80. The number of ether oxygens (including phenoxy) is 1. The van der Waals surface area contributed by atoms with Crippen LogP contribution < -0.4 is 5.32 Å². The van der Waals surface area contributed by atoms with Crippen LogP contribution in [0.25, 0.3) is 0 Å². The number of nitrogens with one attached hydrogen (secondary N) is 1. The third-order valence-corrected chi connectivity index (χ3v) is 3.64. The minimum atomic E-state index is 0.258. The molecule has 2 atom stereocenters. The maximum Gasteiger partial charge on any atom is 0.107 e. The van der Waals surface area contributed by atoms with E-state index in [1.54, 1.807) is 0 Å². The lowest BCUT2D eigenvalue weighted by Crippen LogP contribution is -2.32. The molecule has 1 aliphatic rings. The molecule has 2 heterocycles. The van der Waals surface area contributed by atoms with Crippen LogP contribution in [-0.2, 0) is 11.2 Å². The van der Waals surface area contributed by atoms with Gasteiger partial charge in [-0.1, -0.05) is 0 Å². The van der Waals surface area contributed by atoms with Gasteiger partial charge in [-0.15, -0.1) is 11.3 Å². The quantitative estimate of drug-likeness (QED) is 0.782. The van der Waals surface area contributed by atoms with Gasteiger partial charge in [-0.25, -0.2) is 0 Å². The number of hydrogen-bond acceptors (Lipinski definition) is 3. The number of rotatable bonds is 2. The highest BCUT2D eigenvalue weighted by atomic mass is 32.1. The highest BCUT2D eigenvalue weighted by molar-refractivity contribution is 7.10. The fourth-order valence-electron chi connectivity index (χ4n) is 1.70. The van der Waals surface area contributed by atoms with E-state index in [-0.39, 0.29) is 6.10 Å². The fraction of sp³-hybridized carbons (Fsp3) is 0.600. The molecule has 1 N–H and O–H groups in total. The van der Waals surface area contributed by atoms with Gasteiger partial charge in [-0.3, -0.25) is 0 Å². The normalized spacial score (nSPS) is 24.0. The summed E-state index contributed by atoms with van der Waals surface area (Å²) in [4.78, 5) is 1.41. The van der Waals surface area contributed by atoms with E-state index in [0.717, 1.165) is 13.0 Å². The molecule has 2 nitrogen and oxygen atoms in total. The predicted octanol–water partition coefficient (Wildman–Crippen LogP) is 1.97. The van der Waals surface area contributed by atoms with Crippen LogP contribution in [0.5, 0.6) is 0 Å². The summed E-state index contributed by atoms with van der Waals surface area (Å²) in [5, 5.41) is 5.41. The van der Waals surface area contributed by atoms with Crippen LogP contribution in [0, 0.1) is 0 Å². The predicted molar refractivity (Wildman–Crippen MR) is 55.2 cm³/mol. The van der Waals surface area contributed by atoms with Gasteiger partial charge in [-0.05, 0) is 37.4 Å². The molecule has 3 heteroatoms. The van der Waals surface area contributed by atoms with Gasteiger partial charge < -0.3 is 10.1 Å². The molecule has 0 saturated heterocycles. The summed E-state index contributed by atoms with van der Waals surface area (Å²) < 4.78 is 5.76. The second-order valence-electron chi connectivity index (χ2n) is 3.43. The standard InChI is InChI=1S/C10H15NOS/c1-7(11-2)9-10-8(3-5-12-9)4-6-13-10/h4,6-7,9,11H,3,5H2,1-2H3. The van der Waals surface area contributed by atoms with E-state index in [1.165, 1.54) is 10.4 Å². The van der Waals surface area contributed by atoms with Gasteiger partial charge >= 0.3 is 0 Å². The molecule has 13 heavy (non-hydrogen) atoms. The average molecular weight is 197 g/mol. The summed E-state index contributed by atoms with van der Waals surface area (Å²) in [7, 11) is 1.98. The Bertz CT molecular complexity index is 284. The van der Waals surface area contributed by atoms with E-state index in [4.69, 9.17) is 4.74 Å². The van der Waals surface area contributed by atoms with Gasteiger partial charge in [0.1, 0.15) is 6.10 Å². The van der Waals surface area contributed by atoms with Gasteiger partial charge in [-0.2, -0.15) is 0 Å². The Labute approximate surface area is 82.9 Å². The summed E-state index contributed by atoms with van der Waals surface area (Å²) in [5.74, 6) is 0. The molecule has 0 saturated carbocycles. The van der Waals surface area contributed by atoms with Gasteiger partial charge in [0.25, 0.3) is 0 Å². The second kappa shape index (κ2) is 3.78. The molecule has 0 fully saturated rings. The van der Waals surface area contributed by atoms with Gasteiger partial charge in [0.15, 0.2) is 0 Å². The van der Waals surface area contributed by atoms with Crippen LogP contribution in [0.4, 0.5) is 0 Å². The van der Waals surface area contributed by atoms with E-state index in [0.29, 0.717) is 6.04 Å². The third kappa shape index (κ3) is 1.64. The molecule has 1 aliphatic heterocycles. The van der Waals surface area contributed by atoms with Crippen molar-refractivity contribution < 1.29 is 4.74 Å². The molecule has 2 unspecified atom stereocenters. The van der Waals surface area contributed by atoms with Crippen molar-refractivity contribution in [2.45, 2.75) is 25.5 Å². The Balaban J connectivity index is 2.24. The zero-order chi connectivity index (χ0) is 9.26. The molecule has 0 spiro atoms. The van der Waals surface area contributed by atoms with Crippen molar-refractivity contribution in [1.82, 2.24) is 5.32 Å². The largest absolute Gasteiger partial charge is 0.371 e. The Morgan fingerprint density at radius 2 is 2.54 bits per heavy atom. The van der Waals surface area contributed by atoms with E-state index < -0.39 is 0 Å². The molecule has 0 amide bonds. The summed E-state index contributed by atoms with van der Waals surface area (Å²) in [5.41, 5.74) is 1.48. The summed E-state index contributed by atoms with van der Waals surface area (Å²) >= 11 is 1.81. The van der Waals surface area contributed by atoms with E-state index in [1.807, 2.05) is 18.4 Å². The van der Waals surface area contributed by atoms with Crippen molar-refractivity contribution in [3.05, 3.63) is 21.9 Å². The summed E-state index contributed by atoms with van der Waals surface area (Å²) in [6, 6.07) is 2.62.